The molecular weight excluding hydrogens is 321 g/mol. The lowest BCUT2D eigenvalue weighted by atomic mass is 9.84. The van der Waals surface area contributed by atoms with E-state index >= 15 is 0 Å². The second-order valence-electron chi connectivity index (χ2n) is 6.94. The van der Waals surface area contributed by atoms with Gasteiger partial charge < -0.3 is 14.7 Å². The summed E-state index contributed by atoms with van der Waals surface area (Å²) >= 11 is 0. The van der Waals surface area contributed by atoms with Gasteiger partial charge in [0.25, 0.3) is 5.91 Å². The van der Waals surface area contributed by atoms with Crippen molar-refractivity contribution in [3.8, 4) is 11.3 Å². The maximum atomic E-state index is 13.8. The molecule has 1 aromatic heterocycles. The summed E-state index contributed by atoms with van der Waals surface area (Å²) < 4.78 is 19.0. The lowest BCUT2D eigenvalue weighted by molar-refractivity contribution is 0.0886. The van der Waals surface area contributed by atoms with E-state index in [1.807, 2.05) is 14.1 Å². The summed E-state index contributed by atoms with van der Waals surface area (Å²) in [6.45, 7) is 0.949. The molecule has 3 rings (SSSR count). The zero-order valence-electron chi connectivity index (χ0n) is 14.7. The molecule has 0 saturated heterocycles. The van der Waals surface area contributed by atoms with E-state index in [4.69, 9.17) is 4.52 Å². The molecule has 1 heterocycles. The van der Waals surface area contributed by atoms with Crippen molar-refractivity contribution in [2.24, 2.45) is 5.92 Å². The second kappa shape index (κ2) is 7.78. The molecule has 1 N–H and O–H groups in total. The Balaban J connectivity index is 1.70. The Hall–Kier alpha value is -2.21. The summed E-state index contributed by atoms with van der Waals surface area (Å²) in [6.07, 6.45) is 4.41. The topological polar surface area (TPSA) is 58.4 Å². The second-order valence-corrected chi connectivity index (χ2v) is 6.94. The molecule has 2 aromatic rings. The predicted molar refractivity (Wildman–Crippen MR) is 93.7 cm³/mol. The number of rotatable bonds is 5. The number of hydrogen-bond donors (Lipinski definition) is 1. The number of nitrogens with zero attached hydrogens (tertiary/aromatic N) is 2. The van der Waals surface area contributed by atoms with Gasteiger partial charge in [0.05, 0.1) is 5.56 Å². The van der Waals surface area contributed by atoms with E-state index in [9.17, 15) is 9.18 Å². The van der Waals surface area contributed by atoms with Crippen molar-refractivity contribution in [1.82, 2.24) is 15.4 Å². The van der Waals surface area contributed by atoms with Gasteiger partial charge in [-0.3, -0.25) is 4.79 Å². The minimum Gasteiger partial charge on any atom is -0.355 e. The number of benzene rings is 1. The van der Waals surface area contributed by atoms with Crippen molar-refractivity contribution in [2.45, 2.75) is 31.7 Å². The van der Waals surface area contributed by atoms with E-state index in [1.165, 1.54) is 18.6 Å². The Kier molecular flexibility index (Phi) is 5.48. The highest BCUT2D eigenvalue weighted by Crippen LogP contribution is 2.26. The molecule has 25 heavy (non-hydrogen) atoms. The van der Waals surface area contributed by atoms with Crippen LogP contribution in [0.5, 0.6) is 0 Å². The van der Waals surface area contributed by atoms with E-state index in [0.29, 0.717) is 11.5 Å². The van der Waals surface area contributed by atoms with Gasteiger partial charge in [0.2, 0.25) is 0 Å². The molecule has 1 saturated carbocycles. The van der Waals surface area contributed by atoms with Gasteiger partial charge in [-0.2, -0.15) is 0 Å². The molecule has 1 amide bonds. The first-order valence-electron chi connectivity index (χ1n) is 8.72. The number of hydrogen-bond acceptors (Lipinski definition) is 4. The smallest absolute Gasteiger partial charge is 0.273 e. The molecule has 1 aliphatic rings. The quantitative estimate of drug-likeness (QED) is 0.903. The normalized spacial score (nSPS) is 20.6. The summed E-state index contributed by atoms with van der Waals surface area (Å²) in [4.78, 5) is 14.7. The van der Waals surface area contributed by atoms with Crippen LogP contribution < -0.4 is 5.32 Å². The minimum atomic E-state index is -0.399. The van der Waals surface area contributed by atoms with Gasteiger partial charge in [0.1, 0.15) is 5.82 Å². The number of carbonyl (C=O) groups is 1. The number of halogens is 1. The molecule has 0 aliphatic heterocycles. The van der Waals surface area contributed by atoms with E-state index in [0.717, 1.165) is 25.8 Å². The van der Waals surface area contributed by atoms with Crippen LogP contribution in [-0.2, 0) is 0 Å². The molecular formula is C19H24FN3O2. The molecule has 1 aliphatic carbocycles. The van der Waals surface area contributed by atoms with Crippen molar-refractivity contribution in [3.05, 3.63) is 41.8 Å². The van der Waals surface area contributed by atoms with Gasteiger partial charge >= 0.3 is 0 Å². The van der Waals surface area contributed by atoms with Crippen molar-refractivity contribution in [2.75, 3.05) is 20.6 Å². The average Bonchev–Trinajstić information content (AvgIpc) is 3.06. The van der Waals surface area contributed by atoms with Gasteiger partial charge in [-0.1, -0.05) is 30.1 Å². The van der Waals surface area contributed by atoms with Gasteiger partial charge in [-0.05, 0) is 45.0 Å². The van der Waals surface area contributed by atoms with E-state index in [1.54, 1.807) is 18.2 Å². The first kappa shape index (κ1) is 17.6. The fourth-order valence-electron chi connectivity index (χ4n) is 3.50. The summed E-state index contributed by atoms with van der Waals surface area (Å²) in [5.74, 6) is 0.0355. The third-order valence-corrected chi connectivity index (χ3v) is 4.71. The zero-order valence-corrected chi connectivity index (χ0v) is 14.7. The summed E-state index contributed by atoms with van der Waals surface area (Å²) in [5, 5.41) is 6.91. The van der Waals surface area contributed by atoms with Gasteiger partial charge in [0, 0.05) is 18.7 Å². The Morgan fingerprint density at radius 2 is 2.08 bits per heavy atom. The van der Waals surface area contributed by atoms with Crippen molar-refractivity contribution >= 4 is 5.91 Å². The Labute approximate surface area is 147 Å². The Morgan fingerprint density at radius 1 is 1.32 bits per heavy atom. The summed E-state index contributed by atoms with van der Waals surface area (Å²) in [6, 6.07) is 7.91. The van der Waals surface area contributed by atoms with E-state index in [2.05, 4.69) is 15.4 Å². The number of amides is 1. The lowest BCUT2D eigenvalue weighted by Crippen LogP contribution is -2.45. The number of nitrogens with one attached hydrogen (secondary N) is 1. The molecule has 0 radical (unpaired) electrons. The van der Waals surface area contributed by atoms with Crippen molar-refractivity contribution in [3.63, 3.8) is 0 Å². The van der Waals surface area contributed by atoms with Crippen LogP contribution in [0.2, 0.25) is 0 Å². The largest absolute Gasteiger partial charge is 0.355 e. The predicted octanol–water partition coefficient (Wildman–Crippen LogP) is 3.33. The van der Waals surface area contributed by atoms with E-state index in [-0.39, 0.29) is 23.4 Å². The lowest BCUT2D eigenvalue weighted by Gasteiger charge is -2.33. The molecule has 0 bridgehead atoms. The monoisotopic (exact) mass is 345 g/mol. The molecule has 2 unspecified atom stereocenters. The van der Waals surface area contributed by atoms with E-state index < -0.39 is 5.82 Å². The zero-order chi connectivity index (χ0) is 17.8. The average molecular weight is 345 g/mol. The molecule has 2 atom stereocenters. The van der Waals surface area contributed by atoms with Crippen LogP contribution in [0.4, 0.5) is 4.39 Å². The fraction of sp³-hybridized carbons (Fsp3) is 0.474. The molecule has 0 spiro atoms. The maximum absolute atomic E-state index is 13.8. The molecule has 1 fully saturated rings. The molecule has 1 aromatic carbocycles. The van der Waals surface area contributed by atoms with Crippen molar-refractivity contribution < 1.29 is 13.7 Å². The first-order valence-corrected chi connectivity index (χ1v) is 8.72. The molecule has 6 heteroatoms. The highest BCUT2D eigenvalue weighted by molar-refractivity contribution is 5.93. The standard InChI is InChI=1S/C19H24FN3O2/c1-23(2)12-13-7-3-6-10-16(13)21-19(24)17-11-18(25-22-17)14-8-4-5-9-15(14)20/h4-5,8-9,11,13,16H,3,6-7,10,12H2,1-2H3,(H,21,24). The highest BCUT2D eigenvalue weighted by Gasteiger charge is 2.28. The van der Waals surface area contributed by atoms with Crippen molar-refractivity contribution in [1.29, 1.82) is 0 Å². The molecule has 5 nitrogen and oxygen atoms in total. The highest BCUT2D eigenvalue weighted by atomic mass is 19.1. The Morgan fingerprint density at radius 3 is 2.84 bits per heavy atom. The first-order chi connectivity index (χ1) is 12.0. The summed E-state index contributed by atoms with van der Waals surface area (Å²) in [5.41, 5.74) is 0.490. The van der Waals surface area contributed by atoms with Crippen LogP contribution in [0.25, 0.3) is 11.3 Å². The van der Waals surface area contributed by atoms with Gasteiger partial charge in [-0.15, -0.1) is 0 Å². The van der Waals surface area contributed by atoms with Crippen LogP contribution in [0, 0.1) is 11.7 Å². The number of aromatic nitrogens is 1. The third-order valence-electron chi connectivity index (χ3n) is 4.71. The molecule has 134 valence electrons. The van der Waals surface area contributed by atoms with Crippen LogP contribution in [0.3, 0.4) is 0 Å². The Bertz CT molecular complexity index is 729. The van der Waals surface area contributed by atoms with Gasteiger partial charge in [0.15, 0.2) is 11.5 Å². The van der Waals surface area contributed by atoms with Crippen LogP contribution in [0.1, 0.15) is 36.2 Å². The third kappa shape index (κ3) is 4.25. The van der Waals surface area contributed by atoms with Crippen LogP contribution >= 0.6 is 0 Å². The van der Waals surface area contributed by atoms with Crippen LogP contribution in [-0.4, -0.2) is 42.6 Å². The minimum absolute atomic E-state index is 0.136. The SMILES string of the molecule is CN(C)CC1CCCCC1NC(=O)c1cc(-c2ccccc2F)on1. The van der Waals surface area contributed by atoms with Gasteiger partial charge in [-0.25, -0.2) is 4.39 Å². The number of carbonyl (C=O) groups excluding carboxylic acids is 1. The van der Waals surface area contributed by atoms with Crippen LogP contribution in [0.15, 0.2) is 34.9 Å². The maximum Gasteiger partial charge on any atom is 0.273 e. The summed E-state index contributed by atoms with van der Waals surface area (Å²) in [7, 11) is 4.09. The fourth-order valence-corrected chi connectivity index (χ4v) is 3.50.